The fourth-order valence-corrected chi connectivity index (χ4v) is 9.85. The van der Waals surface area contributed by atoms with Gasteiger partial charge in [-0.15, -0.1) is 0 Å². The van der Waals surface area contributed by atoms with Gasteiger partial charge in [-0.25, -0.2) is 0 Å². The Balaban J connectivity index is 1.45. The van der Waals surface area contributed by atoms with E-state index in [-0.39, 0.29) is 53.7 Å². The first kappa shape index (κ1) is 43.6. The summed E-state index contributed by atoms with van der Waals surface area (Å²) in [6.45, 7) is 19.9. The van der Waals surface area contributed by atoms with E-state index in [1.807, 2.05) is 57.4 Å². The Kier molecular flexibility index (Phi) is 13.4. The molecular weight excluding hydrogens is 705 g/mol. The maximum absolute atomic E-state index is 14.5. The van der Waals surface area contributed by atoms with Crippen molar-refractivity contribution < 1.29 is 24.3 Å². The molecular formula is C45H70N6O5. The van der Waals surface area contributed by atoms with Gasteiger partial charge >= 0.3 is 0 Å². The van der Waals surface area contributed by atoms with Gasteiger partial charge in [0, 0.05) is 63.4 Å². The summed E-state index contributed by atoms with van der Waals surface area (Å²) in [5.41, 5.74) is 5.67. The Morgan fingerprint density at radius 3 is 2.34 bits per heavy atom. The molecule has 2 aromatic rings. The lowest BCUT2D eigenvalue weighted by molar-refractivity contribution is -0.177. The minimum atomic E-state index is -0.864. The van der Waals surface area contributed by atoms with Crippen LogP contribution in [0, 0.1) is 41.4 Å². The number of carbonyl (C=O) groups is 3. The molecule has 4 fully saturated rings. The number of fused-ring (bicyclic) bond motifs is 2. The van der Waals surface area contributed by atoms with Crippen LogP contribution in [0.15, 0.2) is 36.4 Å². The van der Waals surface area contributed by atoms with Crippen LogP contribution in [0.5, 0.6) is 0 Å². The minimum Gasteiger partial charge on any atom is -0.393 e. The molecule has 0 radical (unpaired) electrons. The number of benzene rings is 2. The molecule has 56 heavy (non-hydrogen) atoms. The van der Waals surface area contributed by atoms with Gasteiger partial charge in [-0.1, -0.05) is 59.7 Å². The van der Waals surface area contributed by atoms with E-state index in [1.54, 1.807) is 12.0 Å². The monoisotopic (exact) mass is 775 g/mol. The Bertz CT molecular complexity index is 1730. The van der Waals surface area contributed by atoms with Crippen molar-refractivity contribution in [1.29, 1.82) is 0 Å². The summed E-state index contributed by atoms with van der Waals surface area (Å²) in [4.78, 5) is 51.0. The zero-order valence-electron chi connectivity index (χ0n) is 36.3. The van der Waals surface area contributed by atoms with Crippen molar-refractivity contribution >= 4 is 23.4 Å². The van der Waals surface area contributed by atoms with Crippen LogP contribution in [0.25, 0.3) is 11.1 Å². The Morgan fingerprint density at radius 2 is 1.77 bits per heavy atom. The van der Waals surface area contributed by atoms with Crippen LogP contribution in [-0.2, 0) is 21.0 Å². The molecule has 0 unspecified atom stereocenters. The molecule has 9 atom stereocenters. The second kappa shape index (κ2) is 17.1. The molecule has 1 saturated heterocycles. The molecule has 3 saturated carbocycles. The van der Waals surface area contributed by atoms with E-state index in [4.69, 9.17) is 4.84 Å². The van der Waals surface area contributed by atoms with Crippen molar-refractivity contribution in [2.75, 3.05) is 46.2 Å². The fraction of sp³-hybridized carbons (Fsp3) is 0.667. The predicted octanol–water partition coefficient (Wildman–Crippen LogP) is 5.63. The Morgan fingerprint density at radius 1 is 1.07 bits per heavy atom. The van der Waals surface area contributed by atoms with Crippen LogP contribution in [0.3, 0.4) is 0 Å². The first-order chi connectivity index (χ1) is 26.1. The first-order valence-corrected chi connectivity index (χ1v) is 20.6. The standard InChI is InChI=1S/C45H70N6O5/c1-26-30(15-14-16-36(26)31-17-32(19-35(18-31)50(12)13)42(54)47-34(25-49(10)11)22-44(5,6)7)24-51-41(40(28(3)52)39(56-51)23-46-29(4)53)43(55)48-38-21-33-20-37(27(38)2)45(33,8)9/h14-19,27-28,33-34,37-41,52H,20-25H2,1-13H3,(H,46,53)(H,47,54)(H,48,55)/t27-,28-,33-,34-,37+,38-,39-,40+,41-/m0/s1. The van der Waals surface area contributed by atoms with Gasteiger partial charge in [-0.3, -0.25) is 19.2 Å². The largest absolute Gasteiger partial charge is 0.393 e. The summed E-state index contributed by atoms with van der Waals surface area (Å²) in [6.07, 6.45) is 1.54. The van der Waals surface area contributed by atoms with Gasteiger partial charge in [0.25, 0.3) is 5.91 Å². The molecule has 1 heterocycles. The van der Waals surface area contributed by atoms with Crippen LogP contribution >= 0.6 is 0 Å². The fourth-order valence-electron chi connectivity index (χ4n) is 9.85. The van der Waals surface area contributed by atoms with Crippen LogP contribution in [0.1, 0.15) is 96.1 Å². The molecule has 1 aliphatic heterocycles. The minimum absolute atomic E-state index is 0.0153. The number of nitrogens with zero attached hydrogens (tertiary/aromatic N) is 3. The molecule has 0 spiro atoms. The summed E-state index contributed by atoms with van der Waals surface area (Å²) in [7, 11) is 8.00. The molecule has 4 N–H and O–H groups in total. The number of nitrogens with one attached hydrogen (secondary N) is 3. The smallest absolute Gasteiger partial charge is 0.251 e. The van der Waals surface area contributed by atoms with Crippen molar-refractivity contribution in [3.63, 3.8) is 0 Å². The van der Waals surface area contributed by atoms with Crippen molar-refractivity contribution in [2.24, 2.45) is 34.5 Å². The van der Waals surface area contributed by atoms with Crippen LogP contribution in [-0.4, -0.2) is 104 Å². The van der Waals surface area contributed by atoms with Gasteiger partial charge in [-0.05, 0) is 116 Å². The number of rotatable bonds is 14. The highest BCUT2D eigenvalue weighted by molar-refractivity contribution is 5.97. The highest BCUT2D eigenvalue weighted by Crippen LogP contribution is 2.61. The SMILES string of the molecule is CC(=O)NC[C@@H]1ON(Cc2cccc(-c3cc(C(=O)N[C@H](CN(C)C)CC(C)(C)C)cc(N(C)C)c3)c2C)[C@H](C(=O)N[C@H]2C[C@@H]3C[C@H]([C@@H]2C)C3(C)C)[C@@H]1[C@H](C)O. The highest BCUT2D eigenvalue weighted by atomic mass is 16.7. The third kappa shape index (κ3) is 9.77. The topological polar surface area (TPSA) is 126 Å². The van der Waals surface area contributed by atoms with E-state index in [9.17, 15) is 19.5 Å². The Labute approximate surface area is 336 Å². The summed E-state index contributed by atoms with van der Waals surface area (Å²) < 4.78 is 0. The number of likely N-dealkylation sites (N-methyl/N-ethyl adjacent to an activating group) is 1. The number of aliphatic hydroxyl groups excluding tert-OH is 1. The number of anilines is 1. The maximum atomic E-state index is 14.5. The molecule has 11 heteroatoms. The third-order valence-corrected chi connectivity index (χ3v) is 13.0. The zero-order valence-corrected chi connectivity index (χ0v) is 36.3. The molecule has 4 aliphatic rings. The molecule has 6 rings (SSSR count). The number of hydrogen-bond acceptors (Lipinski definition) is 8. The van der Waals surface area contributed by atoms with Gasteiger partial charge in [-0.2, -0.15) is 5.06 Å². The van der Waals surface area contributed by atoms with Crippen molar-refractivity contribution in [3.05, 3.63) is 53.1 Å². The van der Waals surface area contributed by atoms with Gasteiger partial charge in [0.2, 0.25) is 11.8 Å². The van der Waals surface area contributed by atoms with Crippen LogP contribution in [0.2, 0.25) is 0 Å². The summed E-state index contributed by atoms with van der Waals surface area (Å²) >= 11 is 0. The lowest BCUT2D eigenvalue weighted by Gasteiger charge is -2.62. The highest BCUT2D eigenvalue weighted by Gasteiger charge is 2.57. The average molecular weight is 775 g/mol. The van der Waals surface area contributed by atoms with Gasteiger partial charge in [0.1, 0.15) is 12.1 Å². The molecule has 11 nitrogen and oxygen atoms in total. The molecule has 3 amide bonds. The third-order valence-electron chi connectivity index (χ3n) is 13.0. The van der Waals surface area contributed by atoms with E-state index in [1.165, 1.54) is 13.3 Å². The van der Waals surface area contributed by atoms with Gasteiger partial charge < -0.3 is 30.9 Å². The van der Waals surface area contributed by atoms with Crippen LogP contribution < -0.4 is 20.9 Å². The van der Waals surface area contributed by atoms with E-state index in [2.05, 4.69) is 81.4 Å². The normalized spacial score (nSPS) is 26.9. The summed E-state index contributed by atoms with van der Waals surface area (Å²) in [6, 6.07) is 11.4. The first-order valence-electron chi connectivity index (χ1n) is 20.6. The van der Waals surface area contributed by atoms with Gasteiger partial charge in [0.15, 0.2) is 0 Å². The van der Waals surface area contributed by atoms with E-state index >= 15 is 0 Å². The quantitative estimate of drug-likeness (QED) is 0.195. The van der Waals surface area contributed by atoms with Crippen molar-refractivity contribution in [3.8, 4) is 11.1 Å². The van der Waals surface area contributed by atoms with E-state index < -0.39 is 24.2 Å². The molecule has 3 aliphatic carbocycles. The lowest BCUT2D eigenvalue weighted by Crippen LogP contribution is -2.62. The molecule has 2 aromatic carbocycles. The molecule has 310 valence electrons. The van der Waals surface area contributed by atoms with Gasteiger partial charge in [0.05, 0.1) is 12.6 Å². The molecule has 2 bridgehead atoms. The van der Waals surface area contributed by atoms with E-state index in [0.717, 1.165) is 47.3 Å². The second-order valence-corrected chi connectivity index (χ2v) is 19.4. The van der Waals surface area contributed by atoms with Crippen molar-refractivity contribution in [2.45, 2.75) is 118 Å². The maximum Gasteiger partial charge on any atom is 0.251 e. The predicted molar refractivity (Wildman–Crippen MR) is 224 cm³/mol. The van der Waals surface area contributed by atoms with Crippen molar-refractivity contribution in [1.82, 2.24) is 25.9 Å². The number of hydrogen-bond donors (Lipinski definition) is 4. The number of aliphatic hydroxyl groups is 1. The number of hydroxylamine groups is 2. The van der Waals surface area contributed by atoms with E-state index in [0.29, 0.717) is 23.3 Å². The lowest BCUT2D eigenvalue weighted by atomic mass is 9.45. The summed E-state index contributed by atoms with van der Waals surface area (Å²) in [5, 5.41) is 22.5. The number of amides is 3. The summed E-state index contributed by atoms with van der Waals surface area (Å²) in [5.74, 6) is 0.457. The number of carbonyl (C=O) groups excluding carboxylic acids is 3. The average Bonchev–Trinajstić information content (AvgIpc) is 3.46. The zero-order chi connectivity index (χ0) is 41.4. The molecule has 0 aromatic heterocycles. The Hall–Kier alpha value is -3.51. The van der Waals surface area contributed by atoms with Crippen LogP contribution in [0.4, 0.5) is 5.69 Å². The second-order valence-electron chi connectivity index (χ2n) is 19.4.